The lowest BCUT2D eigenvalue weighted by atomic mass is 9.92. The first kappa shape index (κ1) is 15.1. The lowest BCUT2D eigenvalue weighted by Gasteiger charge is -2.14. The van der Waals surface area contributed by atoms with Crippen LogP contribution < -0.4 is 9.75 Å². The number of thiophene rings is 1. The predicted octanol–water partition coefficient (Wildman–Crippen LogP) is 5.24. The van der Waals surface area contributed by atoms with Gasteiger partial charge in [-0.25, -0.2) is 0 Å². The molecule has 0 saturated heterocycles. The average Bonchev–Trinajstić information content (AvgIpc) is 2.83. The van der Waals surface area contributed by atoms with Gasteiger partial charge in [-0.2, -0.15) is 0 Å². The highest BCUT2D eigenvalue weighted by Crippen LogP contribution is 2.26. The van der Waals surface area contributed by atoms with E-state index in [1.54, 1.807) is 0 Å². The molecule has 22 heavy (non-hydrogen) atoms. The Morgan fingerprint density at radius 3 is 2.55 bits per heavy atom. The van der Waals surface area contributed by atoms with Crippen LogP contribution in [0.1, 0.15) is 27.2 Å². The van der Waals surface area contributed by atoms with E-state index in [0.29, 0.717) is 5.41 Å². The van der Waals surface area contributed by atoms with E-state index in [1.165, 1.54) is 30.6 Å². The third-order valence-corrected chi connectivity index (χ3v) is 5.08. The van der Waals surface area contributed by atoms with Crippen LogP contribution in [-0.2, 0) is 0 Å². The zero-order valence-electron chi connectivity index (χ0n) is 13.5. The lowest BCUT2D eigenvalue weighted by Crippen LogP contribution is -2.19. The summed E-state index contributed by atoms with van der Waals surface area (Å²) in [4.78, 5) is 0. The molecule has 0 atom stereocenters. The van der Waals surface area contributed by atoms with E-state index in [2.05, 4.69) is 75.9 Å². The molecular weight excluding hydrogens is 284 g/mol. The van der Waals surface area contributed by atoms with E-state index >= 15 is 0 Å². The van der Waals surface area contributed by atoms with Crippen LogP contribution in [0.4, 0.5) is 0 Å². The summed E-state index contributed by atoms with van der Waals surface area (Å²) in [7, 11) is 0. The minimum Gasteiger partial charge on any atom is -0.135 e. The van der Waals surface area contributed by atoms with Gasteiger partial charge < -0.3 is 0 Å². The van der Waals surface area contributed by atoms with Crippen molar-refractivity contribution in [2.75, 3.05) is 0 Å². The molecule has 0 radical (unpaired) electrons. The number of benzene rings is 2. The Labute approximate surface area is 136 Å². The lowest BCUT2D eigenvalue weighted by molar-refractivity contribution is 0.432. The Morgan fingerprint density at radius 2 is 1.82 bits per heavy atom. The number of hydrogen-bond acceptors (Lipinski definition) is 1. The highest BCUT2D eigenvalue weighted by Gasteiger charge is 2.09. The third-order valence-electron chi connectivity index (χ3n) is 3.83. The van der Waals surface area contributed by atoms with Crippen LogP contribution in [0.25, 0.3) is 33.0 Å². The monoisotopic (exact) mass is 306 g/mol. The van der Waals surface area contributed by atoms with Crippen molar-refractivity contribution in [3.63, 3.8) is 0 Å². The summed E-state index contributed by atoms with van der Waals surface area (Å²) in [6.07, 6.45) is 7.50. The van der Waals surface area contributed by atoms with Crippen LogP contribution in [0.15, 0.2) is 49.1 Å². The molecule has 0 aliphatic carbocycles. The normalized spacial score (nSPS) is 14.1. The maximum absolute atomic E-state index is 3.89. The van der Waals surface area contributed by atoms with Crippen LogP contribution >= 0.6 is 11.3 Å². The Balaban J connectivity index is 2.38. The van der Waals surface area contributed by atoms with Gasteiger partial charge in [0.25, 0.3) is 0 Å². The number of rotatable bonds is 2. The Hall–Kier alpha value is -1.86. The minimum absolute atomic E-state index is 0.309. The average molecular weight is 306 g/mol. The maximum Gasteiger partial charge on any atom is 0.0433 e. The number of fused-ring (bicyclic) bond motifs is 3. The van der Waals surface area contributed by atoms with Crippen LogP contribution in [0.5, 0.6) is 0 Å². The molecule has 0 saturated carbocycles. The summed E-state index contributed by atoms with van der Waals surface area (Å²) >= 11 is 1.90. The van der Waals surface area contributed by atoms with Crippen LogP contribution in [0.2, 0.25) is 0 Å². The van der Waals surface area contributed by atoms with Gasteiger partial charge in [-0.1, -0.05) is 82.0 Å². The molecule has 0 nitrogen and oxygen atoms in total. The van der Waals surface area contributed by atoms with E-state index in [1.807, 2.05) is 17.4 Å². The molecule has 1 heterocycles. The molecule has 0 unspecified atom stereocenters. The summed E-state index contributed by atoms with van der Waals surface area (Å²) in [6.45, 7) is 10.7. The van der Waals surface area contributed by atoms with Gasteiger partial charge in [0.05, 0.1) is 0 Å². The maximum atomic E-state index is 3.89. The third kappa shape index (κ3) is 2.86. The standard InChI is InChI=1S/C21H22S/c1-5-8-17-18-12-11-15-9-6-7-10-16(15)20(18)22-19(17)13-14-21(2,3)4/h5-13H,1,14H2,2-4H3/b17-8-,19-13+. The highest BCUT2D eigenvalue weighted by atomic mass is 32.1. The fourth-order valence-corrected chi connectivity index (χ4v) is 3.96. The van der Waals surface area contributed by atoms with Crippen molar-refractivity contribution in [3.8, 4) is 0 Å². The van der Waals surface area contributed by atoms with E-state index < -0.39 is 0 Å². The molecule has 0 amide bonds. The van der Waals surface area contributed by atoms with E-state index in [9.17, 15) is 0 Å². The van der Waals surface area contributed by atoms with Gasteiger partial charge in [0.2, 0.25) is 0 Å². The van der Waals surface area contributed by atoms with Crippen LogP contribution in [0.3, 0.4) is 0 Å². The first-order valence-electron chi connectivity index (χ1n) is 7.73. The molecule has 1 aromatic heterocycles. The predicted molar refractivity (Wildman–Crippen MR) is 102 cm³/mol. The zero-order chi connectivity index (χ0) is 15.7. The van der Waals surface area contributed by atoms with Crippen molar-refractivity contribution in [1.29, 1.82) is 0 Å². The zero-order valence-corrected chi connectivity index (χ0v) is 14.3. The Bertz CT molecular complexity index is 949. The number of hydrogen-bond donors (Lipinski definition) is 0. The molecule has 0 spiro atoms. The molecule has 0 aliphatic rings. The molecule has 3 aromatic rings. The van der Waals surface area contributed by atoms with E-state index in [0.717, 1.165) is 6.42 Å². The van der Waals surface area contributed by atoms with Gasteiger partial charge in [0, 0.05) is 14.6 Å². The van der Waals surface area contributed by atoms with Gasteiger partial charge in [-0.15, -0.1) is 11.3 Å². The quantitative estimate of drug-likeness (QED) is 0.607. The van der Waals surface area contributed by atoms with Gasteiger partial charge in [-0.05, 0) is 27.8 Å². The van der Waals surface area contributed by atoms with Crippen LogP contribution in [-0.4, -0.2) is 0 Å². The summed E-state index contributed by atoms with van der Waals surface area (Å²) in [5.41, 5.74) is 0.309. The molecule has 2 aromatic carbocycles. The second-order valence-electron chi connectivity index (χ2n) is 6.91. The van der Waals surface area contributed by atoms with Crippen molar-refractivity contribution < 1.29 is 0 Å². The van der Waals surface area contributed by atoms with Crippen molar-refractivity contribution in [3.05, 3.63) is 58.8 Å². The minimum atomic E-state index is 0.309. The second-order valence-corrected chi connectivity index (χ2v) is 7.97. The fraction of sp³-hybridized carbons (Fsp3) is 0.238. The number of allylic oxidation sites excluding steroid dienone is 1. The van der Waals surface area contributed by atoms with Gasteiger partial charge in [0.15, 0.2) is 0 Å². The largest absolute Gasteiger partial charge is 0.135 e. The van der Waals surface area contributed by atoms with Gasteiger partial charge in [0.1, 0.15) is 0 Å². The first-order chi connectivity index (χ1) is 10.5. The highest BCUT2D eigenvalue weighted by molar-refractivity contribution is 7.18. The molecule has 0 N–H and O–H groups in total. The molecule has 0 fully saturated rings. The summed E-state index contributed by atoms with van der Waals surface area (Å²) < 4.78 is 2.74. The summed E-state index contributed by atoms with van der Waals surface area (Å²) in [6, 6.07) is 13.1. The SMILES string of the molecule is C=C/C=c1\c(=C/CC(C)(C)C)sc2c1ccc1ccccc12. The summed E-state index contributed by atoms with van der Waals surface area (Å²) in [5.74, 6) is 0. The van der Waals surface area contributed by atoms with Crippen molar-refractivity contribution in [2.24, 2.45) is 5.41 Å². The van der Waals surface area contributed by atoms with Crippen molar-refractivity contribution in [2.45, 2.75) is 27.2 Å². The van der Waals surface area contributed by atoms with Gasteiger partial charge in [-0.3, -0.25) is 0 Å². The Morgan fingerprint density at radius 1 is 1.05 bits per heavy atom. The van der Waals surface area contributed by atoms with Crippen LogP contribution in [0, 0.1) is 5.41 Å². The van der Waals surface area contributed by atoms with E-state index in [-0.39, 0.29) is 0 Å². The van der Waals surface area contributed by atoms with Crippen molar-refractivity contribution in [1.82, 2.24) is 0 Å². The molecule has 3 rings (SSSR count). The van der Waals surface area contributed by atoms with E-state index in [4.69, 9.17) is 0 Å². The first-order valence-corrected chi connectivity index (χ1v) is 8.54. The van der Waals surface area contributed by atoms with Crippen molar-refractivity contribution >= 4 is 44.3 Å². The molecule has 112 valence electrons. The molecule has 0 bridgehead atoms. The fourth-order valence-electron chi connectivity index (χ4n) is 2.70. The molecule has 1 heteroatoms. The smallest absolute Gasteiger partial charge is 0.0433 e. The topological polar surface area (TPSA) is 0 Å². The summed E-state index contributed by atoms with van der Waals surface area (Å²) in [5, 5.41) is 5.30. The molecule has 0 aliphatic heterocycles. The second kappa shape index (κ2) is 5.73. The van der Waals surface area contributed by atoms with Gasteiger partial charge >= 0.3 is 0 Å². The Kier molecular flexibility index (Phi) is 3.92. The molecular formula is C21H22S.